The number of aromatic nitrogens is 1. The third kappa shape index (κ3) is 6.48. The molecule has 1 aromatic heterocycles. The summed E-state index contributed by atoms with van der Waals surface area (Å²) in [7, 11) is 0. The number of nitrogens with one attached hydrogen (secondary N) is 2. The third-order valence-electron chi connectivity index (χ3n) is 4.84. The second-order valence-corrected chi connectivity index (χ2v) is 9.72. The molecule has 0 bridgehead atoms. The van der Waals surface area contributed by atoms with Gasteiger partial charge in [0, 0.05) is 12.2 Å². The first kappa shape index (κ1) is 25.0. The molecule has 0 aliphatic heterocycles. The van der Waals surface area contributed by atoms with Gasteiger partial charge in [0.2, 0.25) is 5.00 Å². The molecule has 0 aliphatic rings. The molecule has 1 heterocycles. The number of nitroso groups, excluding NO2 is 1. The minimum absolute atomic E-state index is 0.234. The van der Waals surface area contributed by atoms with Crippen LogP contribution < -0.4 is 15.2 Å². The molecule has 0 fully saturated rings. The molecule has 0 radical (unpaired) electrons. The van der Waals surface area contributed by atoms with Gasteiger partial charge in [-0.2, -0.15) is 5.32 Å². The number of hydrogen-bond donors (Lipinski definition) is 1. The molecule has 178 valence electrons. The van der Waals surface area contributed by atoms with Crippen molar-refractivity contribution in [3.8, 4) is 11.1 Å². The molecule has 0 unspecified atom stereocenters. The molecule has 0 atom stereocenters. The number of carbonyl (C=O) groups excluding carboxylic acids is 2. The summed E-state index contributed by atoms with van der Waals surface area (Å²) in [6.07, 6.45) is 2.73. The summed E-state index contributed by atoms with van der Waals surface area (Å²) in [5.41, 5.74) is 1.95. The maximum atomic E-state index is 13.1. The Labute approximate surface area is 202 Å². The average Bonchev–Trinajstić information content (AvgIpc) is 3.26. The molecule has 2 amide bonds. The van der Waals surface area contributed by atoms with E-state index in [-0.39, 0.29) is 10.9 Å². The smallest absolute Gasteiger partial charge is 0.414 e. The highest BCUT2D eigenvalue weighted by molar-refractivity contribution is 7.18. The number of ether oxygens (including phenoxy) is 1. The van der Waals surface area contributed by atoms with Crippen molar-refractivity contribution < 1.29 is 19.3 Å². The fourth-order valence-corrected chi connectivity index (χ4v) is 3.91. The van der Waals surface area contributed by atoms with Gasteiger partial charge in [-0.1, -0.05) is 43.7 Å². The van der Waals surface area contributed by atoms with E-state index in [0.717, 1.165) is 29.7 Å². The zero-order valence-electron chi connectivity index (χ0n) is 19.8. The molecule has 0 saturated heterocycles. The largest absolute Gasteiger partial charge is 0.443 e. The van der Waals surface area contributed by atoms with E-state index in [1.54, 1.807) is 17.0 Å². The highest BCUT2D eigenvalue weighted by Crippen LogP contribution is 2.31. The summed E-state index contributed by atoms with van der Waals surface area (Å²) in [6, 6.07) is 14.8. The Morgan fingerprint density at radius 2 is 1.88 bits per heavy atom. The molecule has 3 rings (SSSR count). The fraction of sp³-hybridized carbons (Fsp3) is 0.320. The van der Waals surface area contributed by atoms with Crippen molar-refractivity contribution in [3.63, 3.8) is 0 Å². The Balaban J connectivity index is 2.01. The number of amides is 2. The van der Waals surface area contributed by atoms with Gasteiger partial charge in [-0.05, 0) is 73.0 Å². The third-order valence-corrected chi connectivity index (χ3v) is 5.67. The zero-order chi connectivity index (χ0) is 24.7. The van der Waals surface area contributed by atoms with E-state index >= 15 is 0 Å². The molecule has 2 aromatic carbocycles. The van der Waals surface area contributed by atoms with Gasteiger partial charge in [0.1, 0.15) is 11.8 Å². The first-order chi connectivity index (χ1) is 16.2. The number of benzene rings is 2. The summed E-state index contributed by atoms with van der Waals surface area (Å²) in [4.78, 5) is 41.3. The second kappa shape index (κ2) is 11.0. The number of unbranched alkanes of at least 4 members (excludes halogenated alkanes) is 1. The highest BCUT2D eigenvalue weighted by atomic mass is 32.1. The van der Waals surface area contributed by atoms with Gasteiger partial charge in [0.25, 0.3) is 0 Å². The normalized spacial score (nSPS) is 11.1. The van der Waals surface area contributed by atoms with Gasteiger partial charge in [0.05, 0.1) is 5.56 Å². The Morgan fingerprint density at radius 3 is 2.50 bits per heavy atom. The van der Waals surface area contributed by atoms with Crippen molar-refractivity contribution in [1.82, 2.24) is 0 Å². The van der Waals surface area contributed by atoms with Crippen LogP contribution in [-0.2, 0) is 4.74 Å². The van der Waals surface area contributed by atoms with Gasteiger partial charge < -0.3 is 4.74 Å². The van der Waals surface area contributed by atoms with Crippen LogP contribution in [0.25, 0.3) is 11.1 Å². The molecular weight excluding hydrogens is 452 g/mol. The van der Waals surface area contributed by atoms with Crippen LogP contribution >= 0.6 is 11.3 Å². The van der Waals surface area contributed by atoms with Crippen molar-refractivity contribution in [2.24, 2.45) is 5.18 Å². The maximum Gasteiger partial charge on any atom is 0.414 e. The van der Waals surface area contributed by atoms with Crippen LogP contribution in [0.15, 0.2) is 59.9 Å². The molecular formula is C25H29N4O4S+. The van der Waals surface area contributed by atoms with Crippen molar-refractivity contribution >= 4 is 39.2 Å². The SMILES string of the molecule is CCCCN(C(=O)OC(C)(C)C)c1ccc(C(=O)Nc2[nH+]cc(N=O)s2)c(-c2ccccc2)c1. The van der Waals surface area contributed by atoms with Gasteiger partial charge in [-0.25, -0.2) is 14.6 Å². The lowest BCUT2D eigenvalue weighted by molar-refractivity contribution is -0.353. The zero-order valence-corrected chi connectivity index (χ0v) is 20.6. The Morgan fingerprint density at radius 1 is 1.15 bits per heavy atom. The lowest BCUT2D eigenvalue weighted by atomic mass is 9.98. The number of H-pyrrole nitrogens is 1. The number of hydrogen-bond acceptors (Lipinski definition) is 6. The number of nitrogens with zero attached hydrogens (tertiary/aromatic N) is 2. The summed E-state index contributed by atoms with van der Waals surface area (Å²) in [5, 5.41) is 6.29. The van der Waals surface area contributed by atoms with Gasteiger partial charge in [-0.15, -0.1) is 4.91 Å². The Kier molecular flexibility index (Phi) is 8.12. The maximum absolute atomic E-state index is 13.1. The Bertz CT molecular complexity index is 1160. The molecule has 3 aromatic rings. The minimum atomic E-state index is -0.629. The van der Waals surface area contributed by atoms with Crippen molar-refractivity contribution in [2.45, 2.75) is 46.1 Å². The van der Waals surface area contributed by atoms with Crippen LogP contribution in [0.2, 0.25) is 0 Å². The van der Waals surface area contributed by atoms with E-state index < -0.39 is 11.7 Å². The van der Waals surface area contributed by atoms with Crippen LogP contribution in [0.1, 0.15) is 50.9 Å². The number of rotatable bonds is 8. The quantitative estimate of drug-likeness (QED) is 0.375. The average molecular weight is 482 g/mol. The van der Waals surface area contributed by atoms with Gasteiger partial charge >= 0.3 is 17.1 Å². The highest BCUT2D eigenvalue weighted by Gasteiger charge is 2.26. The van der Waals surface area contributed by atoms with Gasteiger partial charge in [0.15, 0.2) is 0 Å². The first-order valence-electron chi connectivity index (χ1n) is 11.1. The number of aromatic amines is 1. The van der Waals surface area contributed by atoms with Crippen LogP contribution in [0.4, 0.5) is 20.6 Å². The topological polar surface area (TPSA) is 102 Å². The van der Waals surface area contributed by atoms with Gasteiger partial charge in [-0.3, -0.25) is 4.90 Å². The van der Waals surface area contributed by atoms with Crippen molar-refractivity contribution in [3.05, 3.63) is 65.2 Å². The molecule has 8 nitrogen and oxygen atoms in total. The van der Waals surface area contributed by atoms with E-state index in [1.165, 1.54) is 6.20 Å². The summed E-state index contributed by atoms with van der Waals surface area (Å²) < 4.78 is 5.64. The standard InChI is InChI=1S/C25H28N4O4S/c1-5-6-14-29(24(31)33-25(2,3)4)18-12-13-19(20(15-18)17-10-8-7-9-11-17)22(30)27-23-26-16-21(28-32)34-23/h7-13,15-16H,5-6,14H2,1-4H3,(H,26,27,30)/p+1. The molecule has 0 spiro atoms. The number of thiazole rings is 1. The fourth-order valence-electron chi connectivity index (χ4n) is 3.28. The number of anilines is 2. The molecule has 9 heteroatoms. The lowest BCUT2D eigenvalue weighted by Gasteiger charge is -2.28. The predicted octanol–water partition coefficient (Wildman–Crippen LogP) is 6.42. The number of carbonyl (C=O) groups is 2. The molecule has 34 heavy (non-hydrogen) atoms. The Hall–Kier alpha value is -3.59. The van der Waals surface area contributed by atoms with E-state index in [4.69, 9.17) is 4.74 Å². The lowest BCUT2D eigenvalue weighted by Crippen LogP contribution is -2.37. The van der Waals surface area contributed by atoms with E-state index in [2.05, 4.69) is 22.4 Å². The first-order valence-corrected chi connectivity index (χ1v) is 11.9. The summed E-state index contributed by atoms with van der Waals surface area (Å²) >= 11 is 1.05. The van der Waals surface area contributed by atoms with Crippen LogP contribution in [0.3, 0.4) is 0 Å². The second-order valence-electron chi connectivity index (χ2n) is 8.68. The van der Waals surface area contributed by atoms with Crippen molar-refractivity contribution in [1.29, 1.82) is 0 Å². The predicted molar refractivity (Wildman–Crippen MR) is 135 cm³/mol. The molecule has 0 aliphatic carbocycles. The van der Waals surface area contributed by atoms with Crippen LogP contribution in [0.5, 0.6) is 0 Å². The monoisotopic (exact) mass is 481 g/mol. The van der Waals surface area contributed by atoms with Crippen LogP contribution in [-0.4, -0.2) is 24.1 Å². The van der Waals surface area contributed by atoms with E-state index in [1.807, 2.05) is 57.2 Å². The minimum Gasteiger partial charge on any atom is -0.443 e. The molecule has 0 saturated carbocycles. The van der Waals surface area contributed by atoms with E-state index in [0.29, 0.717) is 28.5 Å². The summed E-state index contributed by atoms with van der Waals surface area (Å²) in [5.74, 6) is -0.349. The summed E-state index contributed by atoms with van der Waals surface area (Å²) in [6.45, 7) is 8.05. The van der Waals surface area contributed by atoms with E-state index in [9.17, 15) is 14.5 Å². The van der Waals surface area contributed by atoms with Crippen molar-refractivity contribution in [2.75, 3.05) is 16.8 Å². The molecule has 2 N–H and O–H groups in total. The van der Waals surface area contributed by atoms with Crippen LogP contribution in [0, 0.1) is 4.91 Å².